The van der Waals surface area contributed by atoms with Crippen LogP contribution < -0.4 is 10.6 Å². The summed E-state index contributed by atoms with van der Waals surface area (Å²) in [5, 5.41) is 7.71. The van der Waals surface area contributed by atoms with Gasteiger partial charge in [0.25, 0.3) is 11.7 Å². The number of carbonyl (C=O) groups is 2. The highest BCUT2D eigenvalue weighted by Gasteiger charge is 2.26. The number of Topliss-reactive ketones (excluding diaryl/α,β-unsaturated/α-hetero) is 1. The Kier molecular flexibility index (Phi) is 5.91. The van der Waals surface area contributed by atoms with Gasteiger partial charge in [0, 0.05) is 33.8 Å². The third-order valence-corrected chi connectivity index (χ3v) is 5.35. The van der Waals surface area contributed by atoms with Crippen LogP contribution in [-0.2, 0) is 10.2 Å². The van der Waals surface area contributed by atoms with Gasteiger partial charge in [-0.25, -0.2) is 9.97 Å². The van der Waals surface area contributed by atoms with Crippen LogP contribution in [0.1, 0.15) is 42.6 Å². The summed E-state index contributed by atoms with van der Waals surface area (Å²) in [5.74, 6) is 0.244. The van der Waals surface area contributed by atoms with Crippen molar-refractivity contribution < 1.29 is 14.0 Å². The largest absolute Gasteiger partial charge is 0.465 e. The van der Waals surface area contributed by atoms with Gasteiger partial charge >= 0.3 is 0 Å². The highest BCUT2D eigenvalue weighted by Crippen LogP contribution is 2.32. The topological polar surface area (TPSA) is 97.1 Å². The van der Waals surface area contributed by atoms with Gasteiger partial charge in [0.05, 0.1) is 5.56 Å². The van der Waals surface area contributed by atoms with Crippen molar-refractivity contribution in [2.24, 2.45) is 0 Å². The van der Waals surface area contributed by atoms with Crippen molar-refractivity contribution in [3.8, 4) is 0 Å². The lowest BCUT2D eigenvalue weighted by molar-refractivity contribution is -0.112. The van der Waals surface area contributed by atoms with Crippen LogP contribution in [0.2, 0.25) is 5.28 Å². The number of rotatable bonds is 5. The number of benzene rings is 2. The smallest absolute Gasteiger partial charge is 0.296 e. The summed E-state index contributed by atoms with van der Waals surface area (Å²) in [7, 11) is 0. The number of fused-ring (bicyclic) bond motifs is 1. The molecule has 2 aromatic heterocycles. The van der Waals surface area contributed by atoms with Crippen LogP contribution in [0.3, 0.4) is 0 Å². The maximum absolute atomic E-state index is 12.9. The van der Waals surface area contributed by atoms with Crippen LogP contribution in [0, 0.1) is 6.92 Å². The molecule has 7 nitrogen and oxygen atoms in total. The van der Waals surface area contributed by atoms with Crippen LogP contribution in [-0.4, -0.2) is 21.7 Å². The zero-order valence-electron chi connectivity index (χ0n) is 18.7. The Morgan fingerprint density at radius 1 is 1.00 bits per heavy atom. The Morgan fingerprint density at radius 2 is 1.67 bits per heavy atom. The first-order valence-electron chi connectivity index (χ1n) is 10.4. The highest BCUT2D eigenvalue weighted by atomic mass is 35.5. The summed E-state index contributed by atoms with van der Waals surface area (Å²) < 4.78 is 5.72. The average Bonchev–Trinajstić information content (AvgIpc) is 3.17. The molecule has 168 valence electrons. The fraction of sp³-hybridized carbons (Fsp3) is 0.200. The van der Waals surface area contributed by atoms with E-state index in [0.717, 1.165) is 16.5 Å². The van der Waals surface area contributed by atoms with Gasteiger partial charge in [-0.2, -0.15) is 0 Å². The number of aromatic nitrogens is 2. The molecule has 0 saturated heterocycles. The highest BCUT2D eigenvalue weighted by molar-refractivity contribution is 6.47. The van der Waals surface area contributed by atoms with Crippen molar-refractivity contribution in [1.82, 2.24) is 9.97 Å². The minimum atomic E-state index is -0.729. The number of anilines is 3. The second-order valence-electron chi connectivity index (χ2n) is 8.66. The van der Waals surface area contributed by atoms with Crippen LogP contribution in [0.5, 0.6) is 0 Å². The minimum absolute atomic E-state index is 0.135. The lowest BCUT2D eigenvalue weighted by Gasteiger charge is -2.14. The van der Waals surface area contributed by atoms with Crippen molar-refractivity contribution in [3.63, 3.8) is 0 Å². The Morgan fingerprint density at radius 3 is 2.30 bits per heavy atom. The monoisotopic (exact) mass is 462 g/mol. The van der Waals surface area contributed by atoms with Gasteiger partial charge in [-0.1, -0.05) is 45.0 Å². The molecule has 0 aliphatic rings. The van der Waals surface area contributed by atoms with Gasteiger partial charge in [-0.3, -0.25) is 9.59 Å². The van der Waals surface area contributed by atoms with Crippen molar-refractivity contribution in [2.45, 2.75) is 33.1 Å². The number of halogens is 1. The summed E-state index contributed by atoms with van der Waals surface area (Å²) in [6.45, 7) is 7.63. The van der Waals surface area contributed by atoms with Crippen LogP contribution in [0.4, 0.5) is 17.2 Å². The predicted octanol–water partition coefficient (Wildman–Crippen LogP) is 6.05. The van der Waals surface area contributed by atoms with Crippen LogP contribution in [0.15, 0.2) is 59.1 Å². The molecule has 0 atom stereocenters. The Bertz CT molecular complexity index is 1370. The maximum atomic E-state index is 12.9. The number of hydrogen-bond donors (Lipinski definition) is 2. The van der Waals surface area contributed by atoms with Gasteiger partial charge < -0.3 is 15.1 Å². The lowest BCUT2D eigenvalue weighted by atomic mass is 9.93. The molecule has 0 spiro atoms. The summed E-state index contributed by atoms with van der Waals surface area (Å²) in [6, 6.07) is 14.4. The second kappa shape index (κ2) is 8.67. The molecule has 0 saturated carbocycles. The Labute approximate surface area is 196 Å². The van der Waals surface area contributed by atoms with E-state index in [4.69, 9.17) is 16.0 Å². The molecule has 1 amide bonds. The Balaban J connectivity index is 1.62. The standard InChI is InChI=1S/C25H23ClN4O3/c1-14-17(13-20(33-14)25(2,3)4)22(31)23(32)29-19-10-9-18(15-7-5-6-8-16(15)19)28-21-11-12-27-24(26)30-21/h5-13H,1-4H3,(H,29,32)(H,27,28,30). The van der Waals surface area contributed by atoms with Crippen molar-refractivity contribution in [2.75, 3.05) is 10.6 Å². The first-order chi connectivity index (χ1) is 15.6. The Hall–Kier alpha value is -3.71. The van der Waals surface area contributed by atoms with E-state index in [1.165, 1.54) is 0 Å². The van der Waals surface area contributed by atoms with Crippen molar-refractivity contribution >= 4 is 51.3 Å². The normalized spacial score (nSPS) is 11.4. The number of nitrogens with zero attached hydrogens (tertiary/aromatic N) is 2. The number of carbonyl (C=O) groups excluding carboxylic acids is 2. The second-order valence-corrected chi connectivity index (χ2v) is 8.99. The van der Waals surface area contributed by atoms with E-state index < -0.39 is 11.7 Å². The molecule has 2 N–H and O–H groups in total. The molecule has 4 rings (SSSR count). The zero-order valence-corrected chi connectivity index (χ0v) is 19.4. The summed E-state index contributed by atoms with van der Waals surface area (Å²) in [5.41, 5.74) is 1.28. The molecule has 8 heteroatoms. The van der Waals surface area contributed by atoms with Crippen LogP contribution >= 0.6 is 11.6 Å². The summed E-state index contributed by atoms with van der Waals surface area (Å²) in [4.78, 5) is 33.7. The lowest BCUT2D eigenvalue weighted by Crippen LogP contribution is -2.23. The molecule has 33 heavy (non-hydrogen) atoms. The molecular weight excluding hydrogens is 440 g/mol. The van der Waals surface area contributed by atoms with E-state index in [9.17, 15) is 9.59 Å². The molecule has 2 aromatic carbocycles. The zero-order chi connectivity index (χ0) is 23.8. The van der Waals surface area contributed by atoms with Crippen LogP contribution in [0.25, 0.3) is 10.8 Å². The maximum Gasteiger partial charge on any atom is 0.296 e. The fourth-order valence-electron chi connectivity index (χ4n) is 3.44. The van der Waals surface area contributed by atoms with Gasteiger partial charge in [0.15, 0.2) is 0 Å². The number of ketones is 1. The summed E-state index contributed by atoms with van der Waals surface area (Å²) in [6.07, 6.45) is 1.56. The molecule has 0 fully saturated rings. The van der Waals surface area contributed by atoms with E-state index in [2.05, 4.69) is 20.6 Å². The van der Waals surface area contributed by atoms with Gasteiger partial charge in [-0.05, 0) is 42.8 Å². The van der Waals surface area contributed by atoms with Crippen molar-refractivity contribution in [1.29, 1.82) is 0 Å². The minimum Gasteiger partial charge on any atom is -0.465 e. The van der Waals surface area contributed by atoms with E-state index in [1.54, 1.807) is 37.4 Å². The fourth-order valence-corrected chi connectivity index (χ4v) is 3.59. The van der Waals surface area contributed by atoms with Gasteiger partial charge in [0.1, 0.15) is 17.3 Å². The van der Waals surface area contributed by atoms with E-state index in [-0.39, 0.29) is 16.3 Å². The third kappa shape index (κ3) is 4.73. The number of amides is 1. The number of furan rings is 1. The van der Waals surface area contributed by atoms with E-state index in [0.29, 0.717) is 23.0 Å². The average molecular weight is 463 g/mol. The molecule has 0 bridgehead atoms. The number of aryl methyl sites for hydroxylation is 1. The SMILES string of the molecule is Cc1oc(C(C)(C)C)cc1C(=O)C(=O)Nc1ccc(Nc2ccnc(Cl)n2)c2ccccc12. The summed E-state index contributed by atoms with van der Waals surface area (Å²) >= 11 is 5.88. The molecule has 0 aliphatic heterocycles. The first kappa shape index (κ1) is 22.5. The third-order valence-electron chi connectivity index (χ3n) is 5.17. The molecule has 0 unspecified atom stereocenters. The quantitative estimate of drug-likeness (QED) is 0.213. The van der Waals surface area contributed by atoms with Gasteiger partial charge in [0.2, 0.25) is 5.28 Å². The first-order valence-corrected chi connectivity index (χ1v) is 10.7. The van der Waals surface area contributed by atoms with E-state index in [1.807, 2.05) is 45.0 Å². The van der Waals surface area contributed by atoms with E-state index >= 15 is 0 Å². The number of nitrogens with one attached hydrogen (secondary N) is 2. The van der Waals surface area contributed by atoms with Gasteiger partial charge in [-0.15, -0.1) is 0 Å². The number of hydrogen-bond acceptors (Lipinski definition) is 6. The molecule has 4 aromatic rings. The molecule has 0 aliphatic carbocycles. The predicted molar refractivity (Wildman–Crippen MR) is 129 cm³/mol. The van der Waals surface area contributed by atoms with Crippen molar-refractivity contribution in [3.05, 3.63) is 77.1 Å². The molecule has 0 radical (unpaired) electrons. The molecular formula is C25H23ClN4O3. The molecule has 2 heterocycles.